The molecular formula is C12H14N2O2S2. The van der Waals surface area contributed by atoms with Gasteiger partial charge in [0.05, 0.1) is 9.90 Å². The largest absolute Gasteiger partial charge is 0.250 e. The molecule has 6 heteroatoms. The van der Waals surface area contributed by atoms with Crippen molar-refractivity contribution in [2.45, 2.75) is 25.3 Å². The molecule has 0 saturated heterocycles. The molecular weight excluding hydrogens is 268 g/mol. The van der Waals surface area contributed by atoms with E-state index in [1.54, 1.807) is 31.3 Å². The standard InChI is InChI=1S/C12H14N2O2S2/c1-9-5-3-4-6-12(9)18(15,16)14-8-11-7-13-10(2)17-11/h3-7,14H,8H2,1-2H3. The summed E-state index contributed by atoms with van der Waals surface area (Å²) in [7, 11) is -3.45. The molecule has 0 radical (unpaired) electrons. The van der Waals surface area contributed by atoms with Gasteiger partial charge in [-0.2, -0.15) is 0 Å². The second-order valence-corrected chi connectivity index (χ2v) is 6.99. The van der Waals surface area contributed by atoms with Gasteiger partial charge in [-0.3, -0.25) is 0 Å². The number of sulfonamides is 1. The third-order valence-electron chi connectivity index (χ3n) is 2.49. The Kier molecular flexibility index (Phi) is 3.79. The first kappa shape index (κ1) is 13.2. The van der Waals surface area contributed by atoms with Gasteiger partial charge in [0.15, 0.2) is 0 Å². The van der Waals surface area contributed by atoms with Gasteiger partial charge in [-0.05, 0) is 25.5 Å². The van der Waals surface area contributed by atoms with Crippen LogP contribution >= 0.6 is 11.3 Å². The van der Waals surface area contributed by atoms with E-state index in [0.29, 0.717) is 4.90 Å². The Bertz CT molecular complexity index is 648. The first-order valence-electron chi connectivity index (χ1n) is 5.45. The topological polar surface area (TPSA) is 59.1 Å². The number of hydrogen-bond donors (Lipinski definition) is 1. The molecule has 0 saturated carbocycles. The lowest BCUT2D eigenvalue weighted by atomic mass is 10.2. The fourth-order valence-electron chi connectivity index (χ4n) is 1.59. The molecule has 1 heterocycles. The van der Waals surface area contributed by atoms with E-state index >= 15 is 0 Å². The first-order valence-corrected chi connectivity index (χ1v) is 7.75. The van der Waals surface area contributed by atoms with Gasteiger partial charge < -0.3 is 0 Å². The summed E-state index contributed by atoms with van der Waals surface area (Å²) < 4.78 is 26.8. The average molecular weight is 282 g/mol. The van der Waals surface area contributed by atoms with Crippen LogP contribution in [0.2, 0.25) is 0 Å². The summed E-state index contributed by atoms with van der Waals surface area (Å²) in [4.78, 5) is 5.32. The zero-order valence-electron chi connectivity index (χ0n) is 10.2. The van der Waals surface area contributed by atoms with E-state index in [0.717, 1.165) is 15.4 Å². The number of thiazole rings is 1. The van der Waals surface area contributed by atoms with Crippen molar-refractivity contribution in [2.75, 3.05) is 0 Å². The van der Waals surface area contributed by atoms with E-state index in [1.165, 1.54) is 11.3 Å². The lowest BCUT2D eigenvalue weighted by Gasteiger charge is -2.07. The van der Waals surface area contributed by atoms with Crippen LogP contribution in [0.5, 0.6) is 0 Å². The molecule has 1 aromatic carbocycles. The molecule has 0 bridgehead atoms. The number of hydrogen-bond acceptors (Lipinski definition) is 4. The molecule has 0 atom stereocenters. The van der Waals surface area contributed by atoms with Crippen LogP contribution in [0, 0.1) is 13.8 Å². The zero-order chi connectivity index (χ0) is 13.2. The molecule has 0 aliphatic heterocycles. The van der Waals surface area contributed by atoms with Gasteiger partial charge >= 0.3 is 0 Å². The highest BCUT2D eigenvalue weighted by Crippen LogP contribution is 2.16. The van der Waals surface area contributed by atoms with Crippen molar-refractivity contribution >= 4 is 21.4 Å². The molecule has 0 unspecified atom stereocenters. The fourth-order valence-corrected chi connectivity index (χ4v) is 3.67. The summed E-state index contributed by atoms with van der Waals surface area (Å²) >= 11 is 1.49. The van der Waals surface area contributed by atoms with Crippen LogP contribution in [-0.4, -0.2) is 13.4 Å². The smallest absolute Gasteiger partial charge is 0.241 e. The van der Waals surface area contributed by atoms with E-state index in [-0.39, 0.29) is 6.54 Å². The fraction of sp³-hybridized carbons (Fsp3) is 0.250. The maximum atomic E-state index is 12.1. The summed E-state index contributed by atoms with van der Waals surface area (Å²) in [5.74, 6) is 0. The number of aromatic nitrogens is 1. The Hall–Kier alpha value is -1.24. The Balaban J connectivity index is 2.16. The monoisotopic (exact) mass is 282 g/mol. The van der Waals surface area contributed by atoms with Gasteiger partial charge in [-0.15, -0.1) is 11.3 Å². The number of benzene rings is 1. The van der Waals surface area contributed by atoms with Crippen molar-refractivity contribution in [1.82, 2.24) is 9.71 Å². The lowest BCUT2D eigenvalue weighted by Crippen LogP contribution is -2.23. The minimum absolute atomic E-state index is 0.280. The van der Waals surface area contributed by atoms with Crippen LogP contribution in [0.1, 0.15) is 15.4 Å². The summed E-state index contributed by atoms with van der Waals surface area (Å²) in [6.45, 7) is 3.96. The predicted molar refractivity (Wildman–Crippen MR) is 72.1 cm³/mol. The molecule has 1 N–H and O–H groups in total. The summed E-state index contributed by atoms with van der Waals surface area (Å²) in [5, 5.41) is 0.931. The molecule has 96 valence electrons. The minimum Gasteiger partial charge on any atom is -0.250 e. The van der Waals surface area contributed by atoms with Crippen LogP contribution < -0.4 is 4.72 Å². The Morgan fingerprint density at radius 3 is 2.61 bits per heavy atom. The molecule has 18 heavy (non-hydrogen) atoms. The van der Waals surface area contributed by atoms with Crippen molar-refractivity contribution in [2.24, 2.45) is 0 Å². The average Bonchev–Trinajstić information content (AvgIpc) is 2.73. The number of aryl methyl sites for hydroxylation is 2. The van der Waals surface area contributed by atoms with Crippen molar-refractivity contribution in [3.63, 3.8) is 0 Å². The molecule has 1 aromatic heterocycles. The van der Waals surface area contributed by atoms with Crippen molar-refractivity contribution in [3.8, 4) is 0 Å². The van der Waals surface area contributed by atoms with Gasteiger partial charge in [0.2, 0.25) is 10.0 Å². The second-order valence-electron chi connectivity index (χ2n) is 3.94. The number of rotatable bonds is 4. The molecule has 2 rings (SSSR count). The van der Waals surface area contributed by atoms with Crippen LogP contribution in [0.25, 0.3) is 0 Å². The molecule has 4 nitrogen and oxygen atoms in total. The Morgan fingerprint density at radius 2 is 2.00 bits per heavy atom. The van der Waals surface area contributed by atoms with Crippen LogP contribution in [0.4, 0.5) is 0 Å². The van der Waals surface area contributed by atoms with Crippen LogP contribution in [0.3, 0.4) is 0 Å². The lowest BCUT2D eigenvalue weighted by molar-refractivity contribution is 0.581. The number of nitrogens with one attached hydrogen (secondary N) is 1. The SMILES string of the molecule is Cc1ncc(CNS(=O)(=O)c2ccccc2C)s1. The summed E-state index contributed by atoms with van der Waals surface area (Å²) in [6.07, 6.45) is 1.69. The highest BCUT2D eigenvalue weighted by Gasteiger charge is 2.16. The van der Waals surface area contributed by atoms with Gasteiger partial charge in [0, 0.05) is 17.6 Å². The van der Waals surface area contributed by atoms with E-state index in [1.807, 2.05) is 13.0 Å². The molecule has 0 aliphatic carbocycles. The first-order chi connectivity index (χ1) is 8.49. The maximum absolute atomic E-state index is 12.1. The van der Waals surface area contributed by atoms with Crippen LogP contribution in [-0.2, 0) is 16.6 Å². The van der Waals surface area contributed by atoms with Crippen molar-refractivity contribution < 1.29 is 8.42 Å². The second kappa shape index (κ2) is 5.17. The Morgan fingerprint density at radius 1 is 1.28 bits per heavy atom. The minimum atomic E-state index is -3.45. The van der Waals surface area contributed by atoms with Crippen molar-refractivity contribution in [1.29, 1.82) is 0 Å². The van der Waals surface area contributed by atoms with Gasteiger partial charge in [-0.25, -0.2) is 18.1 Å². The van der Waals surface area contributed by atoms with E-state index in [4.69, 9.17) is 0 Å². The summed E-state index contributed by atoms with van der Waals surface area (Å²) in [5.41, 5.74) is 0.741. The third-order valence-corrected chi connectivity index (χ3v) is 4.96. The van der Waals surface area contributed by atoms with Crippen molar-refractivity contribution in [3.05, 3.63) is 45.9 Å². The Labute approximate surface area is 111 Å². The predicted octanol–water partition coefficient (Wildman–Crippen LogP) is 2.24. The maximum Gasteiger partial charge on any atom is 0.241 e. The van der Waals surface area contributed by atoms with Gasteiger partial charge in [0.1, 0.15) is 0 Å². The highest BCUT2D eigenvalue weighted by atomic mass is 32.2. The summed E-state index contributed by atoms with van der Waals surface area (Å²) in [6, 6.07) is 6.93. The van der Waals surface area contributed by atoms with E-state index < -0.39 is 10.0 Å². The molecule has 2 aromatic rings. The van der Waals surface area contributed by atoms with E-state index in [9.17, 15) is 8.42 Å². The molecule has 0 spiro atoms. The zero-order valence-corrected chi connectivity index (χ0v) is 11.8. The van der Waals surface area contributed by atoms with Gasteiger partial charge in [0.25, 0.3) is 0 Å². The van der Waals surface area contributed by atoms with E-state index in [2.05, 4.69) is 9.71 Å². The highest BCUT2D eigenvalue weighted by molar-refractivity contribution is 7.89. The molecule has 0 amide bonds. The normalized spacial score (nSPS) is 11.7. The van der Waals surface area contributed by atoms with Gasteiger partial charge in [-0.1, -0.05) is 18.2 Å². The quantitative estimate of drug-likeness (QED) is 0.935. The van der Waals surface area contributed by atoms with Crippen LogP contribution in [0.15, 0.2) is 35.4 Å². The molecule has 0 aliphatic rings. The third kappa shape index (κ3) is 2.95. The number of nitrogens with zero attached hydrogens (tertiary/aromatic N) is 1. The molecule has 0 fully saturated rings.